The fourth-order valence-corrected chi connectivity index (χ4v) is 3.80. The zero-order chi connectivity index (χ0) is 21.1. The Labute approximate surface area is 182 Å². The Balaban J connectivity index is 1.60. The highest BCUT2D eigenvalue weighted by Gasteiger charge is 2.26. The molecule has 1 aliphatic rings. The number of pyridine rings is 1. The molecule has 156 valence electrons. The van der Waals surface area contributed by atoms with Crippen LogP contribution in [0.25, 0.3) is 17.2 Å². The number of aromatic nitrogens is 3. The number of halogens is 1. The second kappa shape index (κ2) is 9.00. The van der Waals surface area contributed by atoms with Crippen molar-refractivity contribution < 1.29 is 4.79 Å². The number of nitrogens with zero attached hydrogens (tertiary/aromatic N) is 4. The molecule has 0 unspecified atom stereocenters. The highest BCUT2D eigenvalue weighted by Crippen LogP contribution is 2.32. The fraction of sp³-hybridized carbons (Fsp3) is 0.375. The number of benzene rings is 1. The van der Waals surface area contributed by atoms with Gasteiger partial charge in [-0.05, 0) is 54.5 Å². The summed E-state index contributed by atoms with van der Waals surface area (Å²) in [6.45, 7) is 6.28. The van der Waals surface area contributed by atoms with E-state index in [0.29, 0.717) is 29.9 Å². The van der Waals surface area contributed by atoms with Gasteiger partial charge in [0.05, 0.1) is 6.54 Å². The topological polar surface area (TPSA) is 51.0 Å². The van der Waals surface area contributed by atoms with E-state index >= 15 is 0 Å². The van der Waals surface area contributed by atoms with Crippen LogP contribution < -0.4 is 0 Å². The van der Waals surface area contributed by atoms with Crippen LogP contribution in [0.5, 0.6) is 0 Å². The van der Waals surface area contributed by atoms with Crippen LogP contribution in [0.15, 0.2) is 48.7 Å². The van der Waals surface area contributed by atoms with Crippen molar-refractivity contribution in [1.29, 1.82) is 0 Å². The molecular weight excluding hydrogens is 396 g/mol. The van der Waals surface area contributed by atoms with Crippen molar-refractivity contribution in [3.63, 3.8) is 0 Å². The molecule has 4 rings (SSSR count). The van der Waals surface area contributed by atoms with E-state index in [1.54, 1.807) is 18.3 Å². The molecule has 1 saturated carbocycles. The predicted molar refractivity (Wildman–Crippen MR) is 121 cm³/mol. The van der Waals surface area contributed by atoms with Gasteiger partial charge in [0, 0.05) is 30.4 Å². The van der Waals surface area contributed by atoms with E-state index in [9.17, 15) is 4.79 Å². The number of hydrogen-bond donors (Lipinski definition) is 0. The van der Waals surface area contributed by atoms with Gasteiger partial charge in [0.15, 0.2) is 5.65 Å². The second-order valence-electron chi connectivity index (χ2n) is 8.40. The summed E-state index contributed by atoms with van der Waals surface area (Å²) in [6.07, 6.45) is 7.70. The number of carbonyl (C=O) groups excluding carboxylic acids is 1. The van der Waals surface area contributed by atoms with E-state index in [1.807, 2.05) is 41.3 Å². The first-order chi connectivity index (χ1) is 14.5. The molecule has 5 nitrogen and oxygen atoms in total. The highest BCUT2D eigenvalue weighted by atomic mass is 35.5. The fourth-order valence-electron chi connectivity index (χ4n) is 3.60. The van der Waals surface area contributed by atoms with Crippen molar-refractivity contribution in [3.05, 3.63) is 65.1 Å². The molecular formula is C24H27ClN4O. The van der Waals surface area contributed by atoms with Gasteiger partial charge in [0.25, 0.3) is 0 Å². The van der Waals surface area contributed by atoms with Gasteiger partial charge in [-0.1, -0.05) is 43.6 Å². The van der Waals surface area contributed by atoms with Gasteiger partial charge in [-0.2, -0.15) is 0 Å². The van der Waals surface area contributed by atoms with Crippen LogP contribution in [0.4, 0.5) is 0 Å². The Bertz CT molecular complexity index is 1070. The minimum Gasteiger partial charge on any atom is -0.331 e. The molecule has 1 fully saturated rings. The third kappa shape index (κ3) is 4.90. The molecule has 0 atom stereocenters. The van der Waals surface area contributed by atoms with Crippen LogP contribution >= 0.6 is 11.6 Å². The Morgan fingerprint density at radius 3 is 2.80 bits per heavy atom. The molecule has 0 aliphatic heterocycles. The minimum atomic E-state index is -0.0402. The molecule has 0 spiro atoms. The van der Waals surface area contributed by atoms with Gasteiger partial charge in [-0.25, -0.2) is 9.97 Å². The predicted octanol–water partition coefficient (Wildman–Crippen LogP) is 5.19. The standard InChI is InChI=1S/C24H27ClN4O/c1-17(2)14-28(23(30)12-11-19-6-3-4-7-20(19)25)16-22-27-21-8-5-13-26-24(21)29(22)15-18-9-10-18/h3-8,11-13,17-18H,9-10,14-16H2,1-2H3. The first kappa shape index (κ1) is 20.6. The average Bonchev–Trinajstić information content (AvgIpc) is 3.48. The molecule has 0 N–H and O–H groups in total. The maximum absolute atomic E-state index is 13.1. The maximum atomic E-state index is 13.1. The second-order valence-corrected chi connectivity index (χ2v) is 8.80. The Morgan fingerprint density at radius 2 is 2.07 bits per heavy atom. The number of carbonyl (C=O) groups is 1. The van der Waals surface area contributed by atoms with Gasteiger partial charge >= 0.3 is 0 Å². The van der Waals surface area contributed by atoms with Crippen LogP contribution in [0.1, 0.15) is 38.1 Å². The number of amides is 1. The van der Waals surface area contributed by atoms with E-state index in [0.717, 1.165) is 29.1 Å². The third-order valence-corrected chi connectivity index (χ3v) is 5.60. The number of rotatable bonds is 8. The SMILES string of the molecule is CC(C)CN(Cc1nc2cccnc2n1CC1CC1)C(=O)C=Cc1ccccc1Cl. The smallest absolute Gasteiger partial charge is 0.246 e. The maximum Gasteiger partial charge on any atom is 0.246 e. The normalized spacial score (nSPS) is 14.1. The van der Waals surface area contributed by atoms with Crippen LogP contribution in [0, 0.1) is 11.8 Å². The van der Waals surface area contributed by atoms with Crippen molar-refractivity contribution in [2.24, 2.45) is 11.8 Å². The summed E-state index contributed by atoms with van der Waals surface area (Å²) < 4.78 is 2.20. The van der Waals surface area contributed by atoms with Gasteiger partial charge in [0.1, 0.15) is 11.3 Å². The lowest BCUT2D eigenvalue weighted by molar-refractivity contribution is -0.127. The molecule has 1 aliphatic carbocycles. The average molecular weight is 423 g/mol. The van der Waals surface area contributed by atoms with Gasteiger partial charge < -0.3 is 9.47 Å². The summed E-state index contributed by atoms with van der Waals surface area (Å²) in [5.41, 5.74) is 2.63. The van der Waals surface area contributed by atoms with E-state index in [2.05, 4.69) is 23.4 Å². The molecule has 2 aromatic heterocycles. The van der Waals surface area contributed by atoms with Crippen molar-refractivity contribution in [2.75, 3.05) is 6.54 Å². The summed E-state index contributed by atoms with van der Waals surface area (Å²) in [5, 5.41) is 0.634. The van der Waals surface area contributed by atoms with E-state index < -0.39 is 0 Å². The highest BCUT2D eigenvalue weighted by molar-refractivity contribution is 6.32. The first-order valence-electron chi connectivity index (χ1n) is 10.5. The van der Waals surface area contributed by atoms with Crippen LogP contribution in [-0.4, -0.2) is 31.9 Å². The Morgan fingerprint density at radius 1 is 1.27 bits per heavy atom. The monoisotopic (exact) mass is 422 g/mol. The largest absolute Gasteiger partial charge is 0.331 e. The Hall–Kier alpha value is -2.66. The summed E-state index contributed by atoms with van der Waals surface area (Å²) in [4.78, 5) is 24.3. The number of fused-ring (bicyclic) bond motifs is 1. The summed E-state index contributed by atoms with van der Waals surface area (Å²) in [6, 6.07) is 11.4. The van der Waals surface area contributed by atoms with E-state index in [4.69, 9.17) is 16.6 Å². The molecule has 2 heterocycles. The summed E-state index contributed by atoms with van der Waals surface area (Å²) in [5.74, 6) is 1.90. The molecule has 3 aromatic rings. The molecule has 0 radical (unpaired) electrons. The van der Waals surface area contributed by atoms with Crippen LogP contribution in [0.2, 0.25) is 5.02 Å². The zero-order valence-corrected chi connectivity index (χ0v) is 18.2. The number of imidazole rings is 1. The molecule has 0 saturated heterocycles. The van der Waals surface area contributed by atoms with Gasteiger partial charge in [-0.15, -0.1) is 0 Å². The van der Waals surface area contributed by atoms with Crippen molar-refractivity contribution in [2.45, 2.75) is 39.8 Å². The molecule has 1 aromatic carbocycles. The lowest BCUT2D eigenvalue weighted by Gasteiger charge is -2.23. The first-order valence-corrected chi connectivity index (χ1v) is 10.9. The summed E-state index contributed by atoms with van der Waals surface area (Å²) in [7, 11) is 0. The lowest BCUT2D eigenvalue weighted by atomic mass is 10.2. The minimum absolute atomic E-state index is 0.0402. The molecule has 30 heavy (non-hydrogen) atoms. The zero-order valence-electron chi connectivity index (χ0n) is 17.5. The molecule has 1 amide bonds. The lowest BCUT2D eigenvalue weighted by Crippen LogP contribution is -2.33. The number of hydrogen-bond acceptors (Lipinski definition) is 3. The van der Waals surface area contributed by atoms with Crippen molar-refractivity contribution >= 4 is 34.7 Å². The van der Waals surface area contributed by atoms with Gasteiger partial charge in [-0.3, -0.25) is 4.79 Å². The molecule has 0 bridgehead atoms. The van der Waals surface area contributed by atoms with Crippen molar-refractivity contribution in [1.82, 2.24) is 19.4 Å². The third-order valence-electron chi connectivity index (χ3n) is 5.26. The van der Waals surface area contributed by atoms with E-state index in [-0.39, 0.29) is 5.91 Å². The Kier molecular flexibility index (Phi) is 6.18. The summed E-state index contributed by atoms with van der Waals surface area (Å²) >= 11 is 6.23. The van der Waals surface area contributed by atoms with Crippen molar-refractivity contribution in [3.8, 4) is 0 Å². The van der Waals surface area contributed by atoms with Crippen LogP contribution in [0.3, 0.4) is 0 Å². The molecule has 6 heteroatoms. The van der Waals surface area contributed by atoms with Crippen LogP contribution in [-0.2, 0) is 17.9 Å². The van der Waals surface area contributed by atoms with E-state index in [1.165, 1.54) is 12.8 Å². The quantitative estimate of drug-likeness (QED) is 0.469. The van der Waals surface area contributed by atoms with Gasteiger partial charge in [0.2, 0.25) is 5.91 Å².